The van der Waals surface area contributed by atoms with E-state index in [-0.39, 0.29) is 11.7 Å². The van der Waals surface area contributed by atoms with Gasteiger partial charge < -0.3 is 10.6 Å². The van der Waals surface area contributed by atoms with Gasteiger partial charge in [0.1, 0.15) is 0 Å². The Hall–Kier alpha value is -3.54. The number of hydrogen-bond acceptors (Lipinski definition) is 5. The maximum atomic E-state index is 12.3. The molecule has 6 nitrogen and oxygen atoms in total. The van der Waals surface area contributed by atoms with E-state index in [1.165, 1.54) is 24.9 Å². The van der Waals surface area contributed by atoms with Gasteiger partial charge in [-0.25, -0.2) is 9.97 Å². The Morgan fingerprint density at radius 3 is 2.30 bits per heavy atom. The van der Waals surface area contributed by atoms with Crippen LogP contribution in [-0.2, 0) is 6.54 Å². The van der Waals surface area contributed by atoms with Gasteiger partial charge in [-0.3, -0.25) is 9.59 Å². The molecule has 3 rings (SSSR count). The first-order valence-corrected chi connectivity index (χ1v) is 8.55. The predicted octanol–water partition coefficient (Wildman–Crippen LogP) is 3.85. The number of hydrogen-bond donors (Lipinski definition) is 2. The highest BCUT2D eigenvalue weighted by atomic mass is 16.1. The standard InChI is InChI=1S/C21H20N4O2/c1-14-4-3-5-16(10-14)11-22-21-23-12-18(13-24-21)20(27)25-19-8-6-17(7-9-19)15(2)26/h3-10,12-13H,11H2,1-2H3,(H,25,27)(H,22,23,24). The van der Waals surface area contributed by atoms with Crippen molar-refractivity contribution in [1.82, 2.24) is 9.97 Å². The summed E-state index contributed by atoms with van der Waals surface area (Å²) in [4.78, 5) is 31.9. The highest BCUT2D eigenvalue weighted by molar-refractivity contribution is 6.04. The fourth-order valence-electron chi connectivity index (χ4n) is 2.53. The highest BCUT2D eigenvalue weighted by Crippen LogP contribution is 2.12. The molecule has 0 aliphatic rings. The average Bonchev–Trinajstić information content (AvgIpc) is 2.67. The molecular formula is C21H20N4O2. The van der Waals surface area contributed by atoms with Crippen LogP contribution in [0.3, 0.4) is 0 Å². The molecule has 0 bridgehead atoms. The third-order valence-corrected chi connectivity index (χ3v) is 4.00. The molecule has 0 saturated carbocycles. The second kappa shape index (κ2) is 8.23. The van der Waals surface area contributed by atoms with Gasteiger partial charge in [-0.1, -0.05) is 29.8 Å². The van der Waals surface area contributed by atoms with Crippen molar-refractivity contribution in [3.8, 4) is 0 Å². The highest BCUT2D eigenvalue weighted by Gasteiger charge is 2.08. The summed E-state index contributed by atoms with van der Waals surface area (Å²) in [5.41, 5.74) is 3.88. The van der Waals surface area contributed by atoms with Crippen LogP contribution in [0.15, 0.2) is 60.9 Å². The van der Waals surface area contributed by atoms with E-state index in [0.717, 1.165) is 5.56 Å². The Labute approximate surface area is 157 Å². The zero-order chi connectivity index (χ0) is 19.2. The summed E-state index contributed by atoms with van der Waals surface area (Å²) in [6.45, 7) is 4.15. The van der Waals surface area contributed by atoms with E-state index in [1.54, 1.807) is 24.3 Å². The van der Waals surface area contributed by atoms with E-state index in [1.807, 2.05) is 25.1 Å². The third-order valence-electron chi connectivity index (χ3n) is 4.00. The van der Waals surface area contributed by atoms with Gasteiger partial charge in [0.15, 0.2) is 5.78 Å². The van der Waals surface area contributed by atoms with Crippen molar-refractivity contribution in [3.05, 3.63) is 83.2 Å². The number of amides is 1. The fourth-order valence-corrected chi connectivity index (χ4v) is 2.53. The molecule has 6 heteroatoms. The van der Waals surface area contributed by atoms with Crippen LogP contribution >= 0.6 is 0 Å². The second-order valence-electron chi connectivity index (χ2n) is 6.23. The smallest absolute Gasteiger partial charge is 0.258 e. The van der Waals surface area contributed by atoms with Crippen molar-refractivity contribution in [1.29, 1.82) is 0 Å². The number of aryl methyl sites for hydroxylation is 1. The summed E-state index contributed by atoms with van der Waals surface area (Å²) in [5.74, 6) is 0.129. The van der Waals surface area contributed by atoms with Crippen LogP contribution in [0, 0.1) is 6.92 Å². The van der Waals surface area contributed by atoms with Gasteiger partial charge in [-0.05, 0) is 43.7 Å². The first-order valence-electron chi connectivity index (χ1n) is 8.55. The van der Waals surface area contributed by atoms with Gasteiger partial charge in [-0.15, -0.1) is 0 Å². The van der Waals surface area contributed by atoms with Crippen LogP contribution in [0.25, 0.3) is 0 Å². The molecule has 27 heavy (non-hydrogen) atoms. The molecule has 0 aliphatic heterocycles. The number of anilines is 2. The normalized spacial score (nSPS) is 10.3. The molecule has 2 aromatic carbocycles. The number of carbonyl (C=O) groups is 2. The molecule has 1 heterocycles. The zero-order valence-electron chi connectivity index (χ0n) is 15.2. The quantitative estimate of drug-likeness (QED) is 0.652. The lowest BCUT2D eigenvalue weighted by atomic mass is 10.1. The largest absolute Gasteiger partial charge is 0.350 e. The number of aromatic nitrogens is 2. The lowest BCUT2D eigenvalue weighted by molar-refractivity contribution is 0.101. The molecule has 0 fully saturated rings. The van der Waals surface area contributed by atoms with Crippen molar-refractivity contribution < 1.29 is 9.59 Å². The molecule has 1 aromatic heterocycles. The number of carbonyl (C=O) groups excluding carboxylic acids is 2. The van der Waals surface area contributed by atoms with E-state index < -0.39 is 0 Å². The number of benzene rings is 2. The Morgan fingerprint density at radius 2 is 1.67 bits per heavy atom. The van der Waals surface area contributed by atoms with Crippen LogP contribution in [0.2, 0.25) is 0 Å². The van der Waals surface area contributed by atoms with Crippen LogP contribution < -0.4 is 10.6 Å². The van der Waals surface area contributed by atoms with Gasteiger partial charge in [0.05, 0.1) is 5.56 Å². The number of nitrogens with zero attached hydrogens (tertiary/aromatic N) is 2. The van der Waals surface area contributed by atoms with E-state index in [2.05, 4.69) is 26.7 Å². The minimum Gasteiger partial charge on any atom is -0.350 e. The summed E-state index contributed by atoms with van der Waals surface area (Å²) < 4.78 is 0. The van der Waals surface area contributed by atoms with Crippen LogP contribution in [0.1, 0.15) is 38.8 Å². The number of rotatable bonds is 6. The lowest BCUT2D eigenvalue weighted by Crippen LogP contribution is -2.13. The Bertz CT molecular complexity index is 951. The predicted molar refractivity (Wildman–Crippen MR) is 105 cm³/mol. The Balaban J connectivity index is 1.59. The Kier molecular flexibility index (Phi) is 5.56. The van der Waals surface area contributed by atoms with Crippen LogP contribution in [-0.4, -0.2) is 21.7 Å². The SMILES string of the molecule is CC(=O)c1ccc(NC(=O)c2cnc(NCc3cccc(C)c3)nc2)cc1. The van der Waals surface area contributed by atoms with E-state index in [9.17, 15) is 9.59 Å². The maximum Gasteiger partial charge on any atom is 0.258 e. The average molecular weight is 360 g/mol. The molecule has 0 radical (unpaired) electrons. The summed E-state index contributed by atoms with van der Waals surface area (Å²) in [6, 6.07) is 14.9. The second-order valence-corrected chi connectivity index (χ2v) is 6.23. The lowest BCUT2D eigenvalue weighted by Gasteiger charge is -2.07. The van der Waals surface area contributed by atoms with E-state index >= 15 is 0 Å². The zero-order valence-corrected chi connectivity index (χ0v) is 15.2. The number of nitrogens with one attached hydrogen (secondary N) is 2. The molecule has 1 amide bonds. The topological polar surface area (TPSA) is 84.0 Å². The van der Waals surface area contributed by atoms with Gasteiger partial charge in [-0.2, -0.15) is 0 Å². The molecule has 0 saturated heterocycles. The molecule has 0 spiro atoms. The van der Waals surface area contributed by atoms with Gasteiger partial charge in [0, 0.05) is 30.2 Å². The van der Waals surface area contributed by atoms with Crippen molar-refractivity contribution in [2.45, 2.75) is 20.4 Å². The molecule has 0 aliphatic carbocycles. The fraction of sp³-hybridized carbons (Fsp3) is 0.143. The molecule has 136 valence electrons. The van der Waals surface area contributed by atoms with Gasteiger partial charge >= 0.3 is 0 Å². The molecule has 3 aromatic rings. The van der Waals surface area contributed by atoms with Gasteiger partial charge in [0.25, 0.3) is 5.91 Å². The van der Waals surface area contributed by atoms with Crippen molar-refractivity contribution in [2.75, 3.05) is 10.6 Å². The minimum absolute atomic E-state index is 0.0185. The molecule has 0 atom stereocenters. The third kappa shape index (κ3) is 4.98. The molecular weight excluding hydrogens is 340 g/mol. The summed E-state index contributed by atoms with van der Waals surface area (Å²) >= 11 is 0. The number of Topliss-reactive ketones (excluding diaryl/α,β-unsaturated/α-hetero) is 1. The maximum absolute atomic E-state index is 12.3. The Morgan fingerprint density at radius 1 is 0.963 bits per heavy atom. The van der Waals surface area contributed by atoms with E-state index in [0.29, 0.717) is 29.3 Å². The van der Waals surface area contributed by atoms with E-state index in [4.69, 9.17) is 0 Å². The minimum atomic E-state index is -0.309. The van der Waals surface area contributed by atoms with Crippen molar-refractivity contribution in [2.24, 2.45) is 0 Å². The molecule has 2 N–H and O–H groups in total. The van der Waals surface area contributed by atoms with Crippen molar-refractivity contribution in [3.63, 3.8) is 0 Å². The molecule has 0 unspecified atom stereocenters. The summed E-state index contributed by atoms with van der Waals surface area (Å²) in [6.07, 6.45) is 2.95. The first kappa shape index (κ1) is 18.3. The van der Waals surface area contributed by atoms with Gasteiger partial charge in [0.2, 0.25) is 5.95 Å². The van der Waals surface area contributed by atoms with Crippen LogP contribution in [0.4, 0.5) is 11.6 Å². The van der Waals surface area contributed by atoms with Crippen LogP contribution in [0.5, 0.6) is 0 Å². The monoisotopic (exact) mass is 360 g/mol. The summed E-state index contributed by atoms with van der Waals surface area (Å²) in [5, 5.41) is 5.89. The summed E-state index contributed by atoms with van der Waals surface area (Å²) in [7, 11) is 0. The first-order chi connectivity index (χ1) is 13.0. The number of ketones is 1. The van der Waals surface area contributed by atoms with Crippen molar-refractivity contribution >= 4 is 23.3 Å².